The fourth-order valence-electron chi connectivity index (χ4n) is 1.69. The Bertz CT molecular complexity index is 404. The highest BCUT2D eigenvalue weighted by Gasteiger charge is 2.16. The van der Waals surface area contributed by atoms with E-state index in [4.69, 9.17) is 9.47 Å². The zero-order valence-electron chi connectivity index (χ0n) is 11.4. The van der Waals surface area contributed by atoms with Crippen molar-refractivity contribution in [2.75, 3.05) is 20.8 Å². The van der Waals surface area contributed by atoms with Gasteiger partial charge in [-0.25, -0.2) is 0 Å². The smallest absolute Gasteiger partial charge is 0.179 e. The van der Waals surface area contributed by atoms with E-state index in [9.17, 15) is 4.79 Å². The van der Waals surface area contributed by atoms with Crippen molar-refractivity contribution in [2.24, 2.45) is 0 Å². The molecule has 18 heavy (non-hydrogen) atoms. The predicted octanol–water partition coefficient (Wildman–Crippen LogP) is 2.27. The lowest BCUT2D eigenvalue weighted by Crippen LogP contribution is -2.34. The minimum Gasteiger partial charge on any atom is -0.493 e. The zero-order valence-corrected chi connectivity index (χ0v) is 11.4. The maximum atomic E-state index is 12.2. The number of benzene rings is 1. The number of carbonyl (C=O) groups excluding carboxylic acids is 1. The molecule has 1 aromatic carbocycles. The molecule has 4 heteroatoms. The van der Waals surface area contributed by atoms with Crippen LogP contribution < -0.4 is 14.8 Å². The van der Waals surface area contributed by atoms with E-state index in [2.05, 4.69) is 12.2 Å². The molecule has 1 rings (SSSR count). The number of carbonyl (C=O) groups is 1. The molecule has 0 aromatic heterocycles. The molecule has 0 radical (unpaired) electrons. The molecule has 0 aliphatic carbocycles. The first kappa shape index (κ1) is 14.5. The molecule has 0 amide bonds. The Morgan fingerprint density at radius 3 is 2.50 bits per heavy atom. The van der Waals surface area contributed by atoms with Gasteiger partial charge < -0.3 is 14.8 Å². The van der Waals surface area contributed by atoms with Crippen LogP contribution in [0.1, 0.15) is 30.6 Å². The highest BCUT2D eigenvalue weighted by atomic mass is 16.5. The first-order valence-corrected chi connectivity index (χ1v) is 6.13. The molecule has 0 heterocycles. The Kier molecular flexibility index (Phi) is 5.65. The van der Waals surface area contributed by atoms with Gasteiger partial charge in [-0.05, 0) is 38.1 Å². The van der Waals surface area contributed by atoms with Crippen LogP contribution >= 0.6 is 0 Å². The van der Waals surface area contributed by atoms with E-state index in [0.717, 1.165) is 13.0 Å². The van der Waals surface area contributed by atoms with Gasteiger partial charge in [0.1, 0.15) is 0 Å². The maximum Gasteiger partial charge on any atom is 0.179 e. The van der Waals surface area contributed by atoms with E-state index in [1.165, 1.54) is 0 Å². The molecule has 0 aliphatic heterocycles. The lowest BCUT2D eigenvalue weighted by atomic mass is 10.0. The molecule has 0 bridgehead atoms. The van der Waals surface area contributed by atoms with Crippen molar-refractivity contribution in [3.05, 3.63) is 23.8 Å². The topological polar surface area (TPSA) is 47.6 Å². The number of rotatable bonds is 7. The van der Waals surface area contributed by atoms with Crippen LogP contribution in [0.2, 0.25) is 0 Å². The van der Waals surface area contributed by atoms with Gasteiger partial charge in [-0.1, -0.05) is 6.92 Å². The fraction of sp³-hybridized carbons (Fsp3) is 0.500. The van der Waals surface area contributed by atoms with Crippen LogP contribution in [0.4, 0.5) is 0 Å². The highest BCUT2D eigenvalue weighted by Crippen LogP contribution is 2.27. The first-order valence-electron chi connectivity index (χ1n) is 6.13. The van der Waals surface area contributed by atoms with Gasteiger partial charge in [-0.2, -0.15) is 0 Å². The summed E-state index contributed by atoms with van der Waals surface area (Å²) in [5.41, 5.74) is 0.628. The summed E-state index contributed by atoms with van der Waals surface area (Å²) >= 11 is 0. The van der Waals surface area contributed by atoms with E-state index >= 15 is 0 Å². The lowest BCUT2D eigenvalue weighted by Gasteiger charge is -2.14. The van der Waals surface area contributed by atoms with E-state index < -0.39 is 0 Å². The van der Waals surface area contributed by atoms with Crippen LogP contribution in [-0.2, 0) is 0 Å². The van der Waals surface area contributed by atoms with Crippen LogP contribution in [0.3, 0.4) is 0 Å². The third kappa shape index (κ3) is 3.47. The standard InChI is InChI=1S/C14H21NO3/c1-5-8-15-10(2)14(16)11-6-7-12(17-3)13(9-11)18-4/h6-7,9-10,15H,5,8H2,1-4H3. The van der Waals surface area contributed by atoms with Crippen molar-refractivity contribution in [1.29, 1.82) is 0 Å². The second-order valence-electron chi connectivity index (χ2n) is 4.11. The van der Waals surface area contributed by atoms with Gasteiger partial charge in [-0.15, -0.1) is 0 Å². The third-order valence-corrected chi connectivity index (χ3v) is 2.76. The van der Waals surface area contributed by atoms with Crippen molar-refractivity contribution in [3.8, 4) is 11.5 Å². The fourth-order valence-corrected chi connectivity index (χ4v) is 1.69. The van der Waals surface area contributed by atoms with Crippen LogP contribution in [-0.4, -0.2) is 32.6 Å². The van der Waals surface area contributed by atoms with E-state index in [1.54, 1.807) is 32.4 Å². The molecule has 0 saturated carbocycles. The number of ketones is 1. The van der Waals surface area contributed by atoms with Gasteiger partial charge in [-0.3, -0.25) is 4.79 Å². The van der Waals surface area contributed by atoms with Gasteiger partial charge in [0.05, 0.1) is 20.3 Å². The maximum absolute atomic E-state index is 12.2. The molecule has 1 unspecified atom stereocenters. The minimum absolute atomic E-state index is 0.0596. The minimum atomic E-state index is -0.192. The third-order valence-electron chi connectivity index (χ3n) is 2.76. The molecule has 1 atom stereocenters. The predicted molar refractivity (Wildman–Crippen MR) is 71.6 cm³/mol. The summed E-state index contributed by atoms with van der Waals surface area (Å²) in [6, 6.07) is 5.03. The Balaban J connectivity index is 2.86. The Hall–Kier alpha value is -1.55. The Morgan fingerprint density at radius 2 is 1.94 bits per heavy atom. The summed E-state index contributed by atoms with van der Waals surface area (Å²) < 4.78 is 10.3. The summed E-state index contributed by atoms with van der Waals surface area (Å²) in [4.78, 5) is 12.2. The normalized spacial score (nSPS) is 12.0. The van der Waals surface area contributed by atoms with Gasteiger partial charge >= 0.3 is 0 Å². The largest absolute Gasteiger partial charge is 0.493 e. The average Bonchev–Trinajstić information content (AvgIpc) is 2.42. The van der Waals surface area contributed by atoms with E-state index in [0.29, 0.717) is 17.1 Å². The molecule has 1 N–H and O–H groups in total. The Labute approximate surface area is 108 Å². The zero-order chi connectivity index (χ0) is 13.5. The molecule has 0 fully saturated rings. The average molecular weight is 251 g/mol. The number of hydrogen-bond donors (Lipinski definition) is 1. The van der Waals surface area contributed by atoms with E-state index in [-0.39, 0.29) is 11.8 Å². The molecule has 0 spiro atoms. The van der Waals surface area contributed by atoms with Crippen molar-refractivity contribution >= 4 is 5.78 Å². The molecule has 100 valence electrons. The number of hydrogen-bond acceptors (Lipinski definition) is 4. The molecule has 0 aliphatic rings. The molecular weight excluding hydrogens is 230 g/mol. The van der Waals surface area contributed by atoms with Crippen LogP contribution in [0, 0.1) is 0 Å². The molecule has 0 saturated heterocycles. The summed E-state index contributed by atoms with van der Waals surface area (Å²) in [5, 5.41) is 3.18. The van der Waals surface area contributed by atoms with Crippen molar-refractivity contribution in [1.82, 2.24) is 5.32 Å². The number of ether oxygens (including phenoxy) is 2. The number of Topliss-reactive ketones (excluding diaryl/α,β-unsaturated/α-hetero) is 1. The number of methoxy groups -OCH3 is 2. The van der Waals surface area contributed by atoms with Crippen molar-refractivity contribution < 1.29 is 14.3 Å². The van der Waals surface area contributed by atoms with E-state index in [1.807, 2.05) is 6.92 Å². The monoisotopic (exact) mass is 251 g/mol. The quantitative estimate of drug-likeness (QED) is 0.755. The first-order chi connectivity index (χ1) is 8.63. The Morgan fingerprint density at radius 1 is 1.28 bits per heavy atom. The van der Waals surface area contributed by atoms with Gasteiger partial charge in [0.15, 0.2) is 17.3 Å². The lowest BCUT2D eigenvalue weighted by molar-refractivity contribution is 0.0951. The van der Waals surface area contributed by atoms with Crippen molar-refractivity contribution in [3.63, 3.8) is 0 Å². The van der Waals surface area contributed by atoms with Gasteiger partial charge in [0.2, 0.25) is 0 Å². The SMILES string of the molecule is CCCNC(C)C(=O)c1ccc(OC)c(OC)c1. The van der Waals surface area contributed by atoms with Crippen molar-refractivity contribution in [2.45, 2.75) is 26.3 Å². The van der Waals surface area contributed by atoms with Crippen LogP contribution in [0.5, 0.6) is 11.5 Å². The molecule has 1 aromatic rings. The summed E-state index contributed by atoms with van der Waals surface area (Å²) in [7, 11) is 3.13. The molecule has 4 nitrogen and oxygen atoms in total. The summed E-state index contributed by atoms with van der Waals surface area (Å²) in [6.45, 7) is 4.77. The number of nitrogens with one attached hydrogen (secondary N) is 1. The van der Waals surface area contributed by atoms with Crippen LogP contribution in [0.15, 0.2) is 18.2 Å². The van der Waals surface area contributed by atoms with Gasteiger partial charge in [0.25, 0.3) is 0 Å². The molecular formula is C14H21NO3. The summed E-state index contributed by atoms with van der Waals surface area (Å²) in [5.74, 6) is 1.26. The van der Waals surface area contributed by atoms with Gasteiger partial charge in [0, 0.05) is 5.56 Å². The second-order valence-corrected chi connectivity index (χ2v) is 4.11. The second kappa shape index (κ2) is 7.01. The van der Waals surface area contributed by atoms with Crippen LogP contribution in [0.25, 0.3) is 0 Å². The highest BCUT2D eigenvalue weighted by molar-refractivity contribution is 6.00. The summed E-state index contributed by atoms with van der Waals surface area (Å²) in [6.07, 6.45) is 1.00.